The molecule has 0 saturated heterocycles. The van der Waals surface area contributed by atoms with E-state index in [-0.39, 0.29) is 0 Å². The van der Waals surface area contributed by atoms with Gasteiger partial charge in [-0.1, -0.05) is 18.1 Å². The normalized spacial score (nSPS) is 10.9. The molecule has 0 unspecified atom stereocenters. The van der Waals surface area contributed by atoms with Crippen molar-refractivity contribution in [3.63, 3.8) is 0 Å². The van der Waals surface area contributed by atoms with Crippen molar-refractivity contribution in [3.05, 3.63) is 11.9 Å². The maximum Gasteiger partial charge on any atom is 0.0738 e. The first kappa shape index (κ1) is 13.5. The van der Waals surface area contributed by atoms with Gasteiger partial charge >= 0.3 is 0 Å². The lowest BCUT2D eigenvalue weighted by Crippen LogP contribution is -2.16. The van der Waals surface area contributed by atoms with Gasteiger partial charge in [0, 0.05) is 13.6 Å². The van der Waals surface area contributed by atoms with Gasteiger partial charge in [-0.25, -0.2) is 0 Å². The van der Waals surface area contributed by atoms with E-state index in [1.165, 1.54) is 31.4 Å². The van der Waals surface area contributed by atoms with Gasteiger partial charge in [-0.2, -0.15) is 11.8 Å². The molecule has 0 aromatic carbocycles. The smallest absolute Gasteiger partial charge is 0.0738 e. The minimum atomic E-state index is 0.869. The molecule has 0 amide bonds. The summed E-state index contributed by atoms with van der Waals surface area (Å²) in [6.07, 6.45) is 9.29. The fourth-order valence-corrected chi connectivity index (χ4v) is 2.03. The van der Waals surface area contributed by atoms with Crippen molar-refractivity contribution in [1.29, 1.82) is 0 Å². The summed E-state index contributed by atoms with van der Waals surface area (Å²) in [6.45, 7) is 1.96. The number of unbranched alkanes of at least 4 members (excludes halogenated alkanes) is 3. The highest BCUT2D eigenvalue weighted by Crippen LogP contribution is 2.04. The van der Waals surface area contributed by atoms with Crippen LogP contribution >= 0.6 is 11.8 Å². The Morgan fingerprint density at radius 1 is 1.31 bits per heavy atom. The zero-order chi connectivity index (χ0) is 11.6. The van der Waals surface area contributed by atoms with Crippen LogP contribution in [-0.2, 0) is 13.6 Å². The van der Waals surface area contributed by atoms with Gasteiger partial charge in [-0.15, -0.1) is 5.10 Å². The van der Waals surface area contributed by atoms with Gasteiger partial charge < -0.3 is 5.32 Å². The van der Waals surface area contributed by atoms with Crippen LogP contribution in [0.5, 0.6) is 0 Å². The maximum atomic E-state index is 3.89. The lowest BCUT2D eigenvalue weighted by Gasteiger charge is -2.04. The Morgan fingerprint density at radius 3 is 2.81 bits per heavy atom. The summed E-state index contributed by atoms with van der Waals surface area (Å²) in [4.78, 5) is 0. The Hall–Kier alpha value is -0.550. The second-order valence-corrected chi connectivity index (χ2v) is 4.92. The first-order chi connectivity index (χ1) is 7.84. The minimum absolute atomic E-state index is 0.869. The van der Waals surface area contributed by atoms with E-state index < -0.39 is 0 Å². The molecule has 1 aromatic rings. The van der Waals surface area contributed by atoms with Crippen molar-refractivity contribution in [2.45, 2.75) is 32.2 Å². The summed E-state index contributed by atoms with van der Waals surface area (Å²) in [5.74, 6) is 1.30. The maximum absolute atomic E-state index is 3.89. The standard InChI is InChI=1S/C11H22N4S/c1-15-11(10-13-14-15)9-12-7-5-3-4-6-8-16-2/h10,12H,3-9H2,1-2H3. The molecule has 0 aliphatic rings. The number of nitrogens with zero attached hydrogens (tertiary/aromatic N) is 3. The summed E-state index contributed by atoms with van der Waals surface area (Å²) in [6, 6.07) is 0. The molecule has 0 aliphatic heterocycles. The highest BCUT2D eigenvalue weighted by molar-refractivity contribution is 7.98. The summed E-state index contributed by atoms with van der Waals surface area (Å²) in [5, 5.41) is 11.1. The zero-order valence-electron chi connectivity index (χ0n) is 10.3. The molecule has 92 valence electrons. The molecule has 0 spiro atoms. The molecule has 1 rings (SSSR count). The van der Waals surface area contributed by atoms with Gasteiger partial charge in [0.15, 0.2) is 0 Å². The predicted octanol–water partition coefficient (Wildman–Crippen LogP) is 1.83. The third-order valence-corrected chi connectivity index (χ3v) is 3.26. The SMILES string of the molecule is CSCCCCCCNCc1cnnn1C. The van der Waals surface area contributed by atoms with Crippen LogP contribution in [0.2, 0.25) is 0 Å². The van der Waals surface area contributed by atoms with E-state index >= 15 is 0 Å². The first-order valence-corrected chi connectivity index (χ1v) is 7.27. The fraction of sp³-hybridized carbons (Fsp3) is 0.818. The summed E-state index contributed by atoms with van der Waals surface area (Å²) < 4.78 is 1.81. The average Bonchev–Trinajstić information content (AvgIpc) is 2.68. The molecule has 0 aliphatic carbocycles. The lowest BCUT2D eigenvalue weighted by molar-refractivity contribution is 0.575. The third kappa shape index (κ3) is 5.51. The lowest BCUT2D eigenvalue weighted by atomic mass is 10.2. The molecular weight excluding hydrogens is 220 g/mol. The molecular formula is C11H22N4S. The Balaban J connectivity index is 1.91. The molecule has 1 N–H and O–H groups in total. The van der Waals surface area contributed by atoms with Crippen molar-refractivity contribution in [3.8, 4) is 0 Å². The van der Waals surface area contributed by atoms with Crippen LogP contribution < -0.4 is 5.32 Å². The van der Waals surface area contributed by atoms with Crippen LogP contribution in [0.1, 0.15) is 31.4 Å². The number of rotatable bonds is 9. The van der Waals surface area contributed by atoms with Gasteiger partial charge in [-0.05, 0) is 31.4 Å². The van der Waals surface area contributed by atoms with Crippen LogP contribution in [0.3, 0.4) is 0 Å². The molecule has 1 aromatic heterocycles. The van der Waals surface area contributed by atoms with Gasteiger partial charge in [0.2, 0.25) is 0 Å². The van der Waals surface area contributed by atoms with Crippen molar-refractivity contribution in [2.75, 3.05) is 18.6 Å². The van der Waals surface area contributed by atoms with Crippen LogP contribution in [0.15, 0.2) is 6.20 Å². The van der Waals surface area contributed by atoms with E-state index in [1.807, 2.05) is 29.7 Å². The van der Waals surface area contributed by atoms with E-state index in [2.05, 4.69) is 21.9 Å². The fourth-order valence-electron chi connectivity index (χ4n) is 1.54. The van der Waals surface area contributed by atoms with Gasteiger partial charge in [0.25, 0.3) is 0 Å². The molecule has 4 nitrogen and oxygen atoms in total. The number of aromatic nitrogens is 3. The highest BCUT2D eigenvalue weighted by atomic mass is 32.2. The van der Waals surface area contributed by atoms with Crippen molar-refractivity contribution in [2.24, 2.45) is 7.05 Å². The topological polar surface area (TPSA) is 42.7 Å². The Kier molecular flexibility index (Phi) is 7.25. The number of hydrogen-bond donors (Lipinski definition) is 1. The van der Waals surface area contributed by atoms with Gasteiger partial charge in [0.05, 0.1) is 11.9 Å². The molecule has 16 heavy (non-hydrogen) atoms. The summed E-state index contributed by atoms with van der Waals surface area (Å²) in [5.41, 5.74) is 1.14. The molecule has 0 saturated carbocycles. The number of aryl methyl sites for hydroxylation is 1. The average molecular weight is 242 g/mol. The van der Waals surface area contributed by atoms with E-state index in [0.717, 1.165) is 18.8 Å². The third-order valence-electron chi connectivity index (χ3n) is 2.57. The molecule has 1 heterocycles. The van der Waals surface area contributed by atoms with E-state index in [1.54, 1.807) is 0 Å². The molecule has 5 heteroatoms. The number of thioether (sulfide) groups is 1. The predicted molar refractivity (Wildman–Crippen MR) is 69.6 cm³/mol. The summed E-state index contributed by atoms with van der Waals surface area (Å²) >= 11 is 1.94. The van der Waals surface area contributed by atoms with E-state index in [9.17, 15) is 0 Å². The highest BCUT2D eigenvalue weighted by Gasteiger charge is 1.97. The molecule has 0 fully saturated rings. The zero-order valence-corrected chi connectivity index (χ0v) is 11.1. The van der Waals surface area contributed by atoms with Crippen LogP contribution in [0.25, 0.3) is 0 Å². The minimum Gasteiger partial charge on any atom is -0.311 e. The second kappa shape index (κ2) is 8.58. The number of hydrogen-bond acceptors (Lipinski definition) is 4. The number of nitrogens with one attached hydrogen (secondary N) is 1. The van der Waals surface area contributed by atoms with Crippen LogP contribution in [-0.4, -0.2) is 33.5 Å². The monoisotopic (exact) mass is 242 g/mol. The Bertz CT molecular complexity index is 275. The van der Waals surface area contributed by atoms with Crippen molar-refractivity contribution < 1.29 is 0 Å². The molecule has 0 atom stereocenters. The van der Waals surface area contributed by atoms with Gasteiger partial charge in [0.1, 0.15) is 0 Å². The van der Waals surface area contributed by atoms with Crippen molar-refractivity contribution in [1.82, 2.24) is 20.3 Å². The summed E-state index contributed by atoms with van der Waals surface area (Å²) in [7, 11) is 1.92. The van der Waals surface area contributed by atoms with Crippen molar-refractivity contribution >= 4 is 11.8 Å². The largest absolute Gasteiger partial charge is 0.311 e. The Morgan fingerprint density at radius 2 is 2.12 bits per heavy atom. The van der Waals surface area contributed by atoms with Crippen LogP contribution in [0, 0.1) is 0 Å². The van der Waals surface area contributed by atoms with E-state index in [0.29, 0.717) is 0 Å². The van der Waals surface area contributed by atoms with Gasteiger partial charge in [-0.3, -0.25) is 4.68 Å². The quantitative estimate of drug-likeness (QED) is 0.671. The second-order valence-electron chi connectivity index (χ2n) is 3.93. The molecule has 0 radical (unpaired) electrons. The van der Waals surface area contributed by atoms with Crippen LogP contribution in [0.4, 0.5) is 0 Å². The molecule has 0 bridgehead atoms. The van der Waals surface area contributed by atoms with E-state index in [4.69, 9.17) is 0 Å². The Labute approximate surface area is 102 Å². The first-order valence-electron chi connectivity index (χ1n) is 5.88.